The van der Waals surface area contributed by atoms with Crippen molar-refractivity contribution in [2.75, 3.05) is 11.5 Å². The Balaban J connectivity index is 1.79. The number of oxazole rings is 1. The van der Waals surface area contributed by atoms with Crippen LogP contribution in [0.3, 0.4) is 0 Å². The smallest absolute Gasteiger partial charge is 0.226 e. The molecule has 186 valence electrons. The third-order valence-electron chi connectivity index (χ3n) is 5.34. The van der Waals surface area contributed by atoms with Crippen LogP contribution in [0.5, 0.6) is 11.5 Å². The Bertz CT molecular complexity index is 1320. The molecule has 8 heteroatoms. The molecule has 36 heavy (non-hydrogen) atoms. The Morgan fingerprint density at radius 3 is 2.47 bits per heavy atom. The highest BCUT2D eigenvalue weighted by Crippen LogP contribution is 2.38. The summed E-state index contributed by atoms with van der Waals surface area (Å²) in [5.74, 6) is 0.495. The largest absolute Gasteiger partial charge is 0.494 e. The van der Waals surface area contributed by atoms with Crippen molar-refractivity contribution in [3.8, 4) is 23.0 Å². The molecule has 0 aliphatic rings. The van der Waals surface area contributed by atoms with Crippen LogP contribution in [0.25, 0.3) is 11.5 Å². The number of nitrogen functional groups attached to an aromatic ring is 1. The second-order valence-electron chi connectivity index (χ2n) is 8.41. The van der Waals surface area contributed by atoms with Gasteiger partial charge in [0.1, 0.15) is 17.8 Å². The van der Waals surface area contributed by atoms with Gasteiger partial charge < -0.3 is 24.5 Å². The molecule has 7 nitrogen and oxygen atoms in total. The SMILES string of the molecule is CCOc1cc(OC(C)C)c(F)c(N(Cc2coc(-c3ccccc3)n2)c2ccc(C(=N)N)cc2)c1. The van der Waals surface area contributed by atoms with Crippen LogP contribution in [0.2, 0.25) is 0 Å². The highest BCUT2D eigenvalue weighted by molar-refractivity contribution is 5.95. The van der Waals surface area contributed by atoms with Gasteiger partial charge in [-0.1, -0.05) is 18.2 Å². The van der Waals surface area contributed by atoms with E-state index in [9.17, 15) is 0 Å². The summed E-state index contributed by atoms with van der Waals surface area (Å²) in [5, 5.41) is 7.69. The topological polar surface area (TPSA) is 97.6 Å². The summed E-state index contributed by atoms with van der Waals surface area (Å²) in [4.78, 5) is 6.39. The van der Waals surface area contributed by atoms with Crippen molar-refractivity contribution in [1.29, 1.82) is 5.41 Å². The summed E-state index contributed by atoms with van der Waals surface area (Å²) < 4.78 is 33.0. The van der Waals surface area contributed by atoms with Gasteiger partial charge in [0.05, 0.1) is 30.6 Å². The maximum atomic E-state index is 15.8. The molecule has 0 aliphatic carbocycles. The van der Waals surface area contributed by atoms with E-state index in [-0.39, 0.29) is 29.9 Å². The monoisotopic (exact) mass is 488 g/mol. The van der Waals surface area contributed by atoms with Gasteiger partial charge in [0.25, 0.3) is 0 Å². The van der Waals surface area contributed by atoms with E-state index in [4.69, 9.17) is 25.0 Å². The van der Waals surface area contributed by atoms with Gasteiger partial charge in [-0.15, -0.1) is 0 Å². The Kier molecular flexibility index (Phi) is 7.53. The highest BCUT2D eigenvalue weighted by atomic mass is 19.1. The molecule has 0 fully saturated rings. The van der Waals surface area contributed by atoms with E-state index in [0.717, 1.165) is 5.56 Å². The summed E-state index contributed by atoms with van der Waals surface area (Å²) in [6.45, 7) is 6.17. The van der Waals surface area contributed by atoms with Crippen LogP contribution in [0.15, 0.2) is 77.4 Å². The highest BCUT2D eigenvalue weighted by Gasteiger charge is 2.22. The number of benzene rings is 3. The number of nitrogens with one attached hydrogen (secondary N) is 1. The molecular weight excluding hydrogens is 459 g/mol. The van der Waals surface area contributed by atoms with Crippen LogP contribution >= 0.6 is 0 Å². The first kappa shape index (κ1) is 24.8. The molecule has 3 aromatic carbocycles. The Morgan fingerprint density at radius 1 is 1.11 bits per heavy atom. The molecule has 0 atom stereocenters. The quantitative estimate of drug-likeness (QED) is 0.201. The minimum atomic E-state index is -0.519. The number of anilines is 2. The second-order valence-corrected chi connectivity index (χ2v) is 8.41. The van der Waals surface area contributed by atoms with Gasteiger partial charge in [-0.2, -0.15) is 0 Å². The molecule has 0 unspecified atom stereocenters. The number of rotatable bonds is 10. The normalized spacial score (nSPS) is 10.9. The molecule has 1 aromatic heterocycles. The molecule has 4 rings (SSSR count). The molecule has 0 radical (unpaired) electrons. The predicted octanol–water partition coefficient (Wildman–Crippen LogP) is 6.29. The van der Waals surface area contributed by atoms with Gasteiger partial charge in [0.2, 0.25) is 5.89 Å². The lowest BCUT2D eigenvalue weighted by Gasteiger charge is -2.26. The average molecular weight is 489 g/mol. The zero-order valence-electron chi connectivity index (χ0n) is 20.5. The van der Waals surface area contributed by atoms with E-state index in [1.54, 1.807) is 47.6 Å². The number of ether oxygens (including phenoxy) is 2. The summed E-state index contributed by atoms with van der Waals surface area (Å²) in [5.41, 5.74) is 8.59. The van der Waals surface area contributed by atoms with Gasteiger partial charge in [-0.05, 0) is 57.2 Å². The molecule has 0 aliphatic heterocycles. The van der Waals surface area contributed by atoms with E-state index in [0.29, 0.717) is 35.2 Å². The van der Waals surface area contributed by atoms with Crippen molar-refractivity contribution in [3.63, 3.8) is 0 Å². The lowest BCUT2D eigenvalue weighted by atomic mass is 10.1. The molecule has 3 N–H and O–H groups in total. The number of nitrogens with two attached hydrogens (primary N) is 1. The number of hydrogen-bond acceptors (Lipinski definition) is 6. The van der Waals surface area contributed by atoms with Crippen LogP contribution in [0.1, 0.15) is 32.0 Å². The Morgan fingerprint density at radius 2 is 1.83 bits per heavy atom. The standard InChI is InChI=1S/C28H29FN4O3/c1-4-34-23-14-24(26(29)25(15-23)36-18(2)3)33(22-12-10-19(11-13-22)27(30)31)16-21-17-35-28(32-21)20-8-6-5-7-9-20/h5-15,17-18H,4,16H2,1-3H3,(H3,30,31). The van der Waals surface area contributed by atoms with Crippen molar-refractivity contribution in [2.24, 2.45) is 5.73 Å². The van der Waals surface area contributed by atoms with E-state index >= 15 is 4.39 Å². The third kappa shape index (κ3) is 5.66. The van der Waals surface area contributed by atoms with Crippen molar-refractivity contribution in [3.05, 3.63) is 90.1 Å². The minimum Gasteiger partial charge on any atom is -0.494 e. The lowest BCUT2D eigenvalue weighted by Crippen LogP contribution is -2.20. The van der Waals surface area contributed by atoms with E-state index < -0.39 is 5.82 Å². The summed E-state index contributed by atoms with van der Waals surface area (Å²) >= 11 is 0. The molecule has 1 heterocycles. The molecule has 0 bridgehead atoms. The molecule has 0 spiro atoms. The number of halogens is 1. The van der Waals surface area contributed by atoms with E-state index in [2.05, 4.69) is 4.98 Å². The van der Waals surface area contributed by atoms with Gasteiger partial charge in [-0.3, -0.25) is 5.41 Å². The van der Waals surface area contributed by atoms with Crippen LogP contribution in [0, 0.1) is 11.2 Å². The fourth-order valence-electron chi connectivity index (χ4n) is 3.74. The Labute approximate surface area is 209 Å². The van der Waals surface area contributed by atoms with Crippen LogP contribution in [-0.2, 0) is 6.54 Å². The van der Waals surface area contributed by atoms with Gasteiger partial charge in [0.15, 0.2) is 11.6 Å². The molecule has 0 amide bonds. The van der Waals surface area contributed by atoms with E-state index in [1.807, 2.05) is 51.1 Å². The number of amidine groups is 1. The van der Waals surface area contributed by atoms with Crippen molar-refractivity contribution >= 4 is 17.2 Å². The lowest BCUT2D eigenvalue weighted by molar-refractivity contribution is 0.229. The first-order valence-corrected chi connectivity index (χ1v) is 11.7. The molecular formula is C28H29FN4O3. The minimum absolute atomic E-state index is 0.0470. The van der Waals surface area contributed by atoms with Gasteiger partial charge in [-0.25, -0.2) is 9.37 Å². The van der Waals surface area contributed by atoms with Crippen molar-refractivity contribution in [1.82, 2.24) is 4.98 Å². The molecule has 0 saturated carbocycles. The van der Waals surface area contributed by atoms with Crippen LogP contribution in [0.4, 0.5) is 15.8 Å². The van der Waals surface area contributed by atoms with E-state index in [1.165, 1.54) is 0 Å². The third-order valence-corrected chi connectivity index (χ3v) is 5.34. The first-order valence-electron chi connectivity index (χ1n) is 11.7. The van der Waals surface area contributed by atoms with Crippen LogP contribution in [-0.4, -0.2) is 23.5 Å². The molecule has 0 saturated heterocycles. The van der Waals surface area contributed by atoms with Crippen molar-refractivity contribution in [2.45, 2.75) is 33.4 Å². The van der Waals surface area contributed by atoms with Crippen molar-refractivity contribution < 1.29 is 18.3 Å². The Hall–Kier alpha value is -4.33. The fourth-order valence-corrected chi connectivity index (χ4v) is 3.74. The maximum absolute atomic E-state index is 15.8. The number of hydrogen-bond donors (Lipinski definition) is 2. The fraction of sp³-hybridized carbons (Fsp3) is 0.214. The first-order chi connectivity index (χ1) is 17.4. The van der Waals surface area contributed by atoms with Crippen LogP contribution < -0.4 is 20.1 Å². The second kappa shape index (κ2) is 10.9. The average Bonchev–Trinajstić information content (AvgIpc) is 3.34. The summed E-state index contributed by atoms with van der Waals surface area (Å²) in [6.07, 6.45) is 1.34. The maximum Gasteiger partial charge on any atom is 0.226 e. The number of aromatic nitrogens is 1. The molecule has 4 aromatic rings. The zero-order valence-corrected chi connectivity index (χ0v) is 20.5. The summed E-state index contributed by atoms with van der Waals surface area (Å²) in [7, 11) is 0. The summed E-state index contributed by atoms with van der Waals surface area (Å²) in [6, 6.07) is 19.8. The number of nitrogens with zero attached hydrogens (tertiary/aromatic N) is 2. The van der Waals surface area contributed by atoms with Gasteiger partial charge >= 0.3 is 0 Å². The van der Waals surface area contributed by atoms with Gasteiger partial charge in [0, 0.05) is 28.9 Å². The zero-order chi connectivity index (χ0) is 25.7. The predicted molar refractivity (Wildman–Crippen MR) is 139 cm³/mol.